The Kier molecular flexibility index (Phi) is 7.24. The van der Waals surface area contributed by atoms with E-state index >= 15 is 8.78 Å². The van der Waals surface area contributed by atoms with E-state index < -0.39 is 102 Å². The molecule has 0 saturated carbocycles. The Morgan fingerprint density at radius 2 is 1.62 bits per heavy atom. The summed E-state index contributed by atoms with van der Waals surface area (Å²) in [5, 5.41) is 2.22. The van der Waals surface area contributed by atoms with Crippen molar-refractivity contribution < 1.29 is 48.4 Å². The molecule has 0 aliphatic carbocycles. The van der Waals surface area contributed by atoms with Gasteiger partial charge in [-0.15, -0.1) is 0 Å². The van der Waals surface area contributed by atoms with Crippen LogP contribution in [0.2, 0.25) is 0 Å². The SMILES string of the molecule is [2H]C1([2H])N(CC2CCN(c3ccc(-c4nc5cc(OC)cc(OC)c5c(=O)[nH]4)cc3)CC2)C([2H])([2H])C([2H])([2H])N(c2c(F)cc3c(c2F)C(=O)N(C2CCC(=O)NC2=O)C3=O)C1([2H])[2H]. The van der Waals surface area contributed by atoms with E-state index in [2.05, 4.69) is 9.97 Å². The number of carbonyl (C=O) groups excluding carboxylic acids is 4. The minimum Gasteiger partial charge on any atom is -0.497 e. The van der Waals surface area contributed by atoms with Gasteiger partial charge in [0.2, 0.25) is 11.8 Å². The molecule has 2 N–H and O–H groups in total. The molecule has 14 nitrogen and oxygen atoms in total. The summed E-state index contributed by atoms with van der Waals surface area (Å²) in [5.74, 6) is -7.70. The van der Waals surface area contributed by atoms with Gasteiger partial charge in [-0.25, -0.2) is 13.8 Å². The van der Waals surface area contributed by atoms with Gasteiger partial charge >= 0.3 is 0 Å². The third-order valence-corrected chi connectivity index (χ3v) is 10.2. The van der Waals surface area contributed by atoms with E-state index in [9.17, 15) is 24.0 Å². The molecule has 4 aromatic rings. The third kappa shape index (κ3) is 6.53. The number of H-pyrrole nitrogens is 1. The number of carbonyl (C=O) groups is 4. The van der Waals surface area contributed by atoms with E-state index in [1.54, 1.807) is 24.3 Å². The van der Waals surface area contributed by atoms with Crippen LogP contribution in [-0.4, -0.2) is 109 Å². The fourth-order valence-electron chi connectivity index (χ4n) is 7.31. The van der Waals surface area contributed by atoms with Crippen molar-refractivity contribution in [2.75, 3.05) is 69.6 Å². The Morgan fingerprint density at radius 1 is 0.891 bits per heavy atom. The molecule has 3 fully saturated rings. The lowest BCUT2D eigenvalue weighted by atomic mass is 9.95. The first kappa shape index (κ1) is 27.6. The molecule has 8 rings (SSSR count). The van der Waals surface area contributed by atoms with E-state index in [4.69, 9.17) is 20.4 Å². The van der Waals surface area contributed by atoms with Gasteiger partial charge in [0.25, 0.3) is 17.4 Å². The summed E-state index contributed by atoms with van der Waals surface area (Å²) < 4.78 is 115. The van der Waals surface area contributed by atoms with Gasteiger partial charge in [0.1, 0.15) is 40.3 Å². The number of hydrogen-bond donors (Lipinski definition) is 2. The van der Waals surface area contributed by atoms with Gasteiger partial charge in [0, 0.05) is 80.9 Å². The van der Waals surface area contributed by atoms with Crippen LogP contribution in [0.25, 0.3) is 22.3 Å². The number of nitrogens with zero attached hydrogens (tertiary/aromatic N) is 5. The number of imide groups is 2. The van der Waals surface area contributed by atoms with Crippen LogP contribution in [0.3, 0.4) is 0 Å². The maximum Gasteiger partial charge on any atom is 0.265 e. The third-order valence-electron chi connectivity index (χ3n) is 10.2. The summed E-state index contributed by atoms with van der Waals surface area (Å²) in [6.45, 7) is -14.1. The van der Waals surface area contributed by atoms with Crippen LogP contribution in [0, 0.1) is 17.6 Å². The number of rotatable bonds is 8. The molecule has 1 atom stereocenters. The number of amides is 4. The Balaban J connectivity index is 1.01. The standard InChI is InChI=1S/C39H39F2N7O7/c1-54-24-17-27-32(29(18-24)55-2)37(51)44-35(42-27)22-3-5-23(6-4-22)46-11-9-21(10-12-46)20-45-13-15-47(16-14-45)34-26(40)19-25-31(33(34)41)39(53)48(38(25)52)28-7-8-30(49)43-36(28)50/h3-6,17-19,21,28H,7-16,20H2,1-2H3,(H,42,44,51)(H,43,49,50)/i13D2,14D2,15D2,16D2. The van der Waals surface area contributed by atoms with Crippen molar-refractivity contribution in [3.63, 3.8) is 0 Å². The van der Waals surface area contributed by atoms with Crippen LogP contribution >= 0.6 is 0 Å². The molecular weight excluding hydrogens is 716 g/mol. The molecule has 5 heterocycles. The van der Waals surface area contributed by atoms with Gasteiger partial charge in [-0.3, -0.25) is 39.1 Å². The summed E-state index contributed by atoms with van der Waals surface area (Å²) in [5.41, 5.74) is -2.31. The Morgan fingerprint density at radius 3 is 2.29 bits per heavy atom. The zero-order valence-corrected chi connectivity index (χ0v) is 29.5. The summed E-state index contributed by atoms with van der Waals surface area (Å²) in [4.78, 5) is 73.8. The summed E-state index contributed by atoms with van der Waals surface area (Å²) in [6.07, 6.45) is 0.0571. The summed E-state index contributed by atoms with van der Waals surface area (Å²) in [6, 6.07) is 9.13. The molecule has 4 amide bonds. The number of fused-ring (bicyclic) bond motifs is 2. The zero-order valence-electron chi connectivity index (χ0n) is 37.5. The normalized spacial score (nSPS) is 25.5. The number of halogens is 2. The Bertz CT molecular complexity index is 2640. The lowest BCUT2D eigenvalue weighted by Crippen LogP contribution is -2.54. The second-order valence-corrected chi connectivity index (χ2v) is 13.4. The number of anilines is 2. The fourth-order valence-corrected chi connectivity index (χ4v) is 7.31. The highest BCUT2D eigenvalue weighted by atomic mass is 19.1. The monoisotopic (exact) mass is 763 g/mol. The smallest absolute Gasteiger partial charge is 0.265 e. The lowest BCUT2D eigenvalue weighted by molar-refractivity contribution is -0.136. The van der Waals surface area contributed by atoms with Crippen molar-refractivity contribution in [2.24, 2.45) is 5.92 Å². The zero-order chi connectivity index (χ0) is 45.7. The lowest BCUT2D eigenvalue weighted by Gasteiger charge is -2.40. The molecule has 286 valence electrons. The minimum absolute atomic E-state index is 0.261. The maximum atomic E-state index is 16.6. The maximum absolute atomic E-state index is 16.6. The average Bonchev–Trinajstić information content (AvgIpc) is 3.47. The second-order valence-electron chi connectivity index (χ2n) is 13.4. The van der Waals surface area contributed by atoms with E-state index in [-0.39, 0.29) is 23.1 Å². The van der Waals surface area contributed by atoms with Gasteiger partial charge in [0.05, 0.1) is 36.3 Å². The number of aromatic amines is 1. The molecule has 0 radical (unpaired) electrons. The molecule has 4 aliphatic rings. The number of aromatic nitrogens is 2. The average molecular weight is 764 g/mol. The number of nitrogens with one attached hydrogen (secondary N) is 2. The summed E-state index contributed by atoms with van der Waals surface area (Å²) in [7, 11) is 2.92. The number of methoxy groups -OCH3 is 2. The topological polar surface area (TPSA) is 157 Å². The number of piperidine rings is 2. The first-order chi connectivity index (χ1) is 29.6. The van der Waals surface area contributed by atoms with Crippen LogP contribution < -0.4 is 30.1 Å². The molecular formula is C39H39F2N7O7. The van der Waals surface area contributed by atoms with Crippen LogP contribution in [0.15, 0.2) is 47.3 Å². The molecule has 55 heavy (non-hydrogen) atoms. The van der Waals surface area contributed by atoms with E-state index in [1.807, 2.05) is 22.3 Å². The minimum atomic E-state index is -3.72. The van der Waals surface area contributed by atoms with E-state index in [1.165, 1.54) is 14.2 Å². The van der Waals surface area contributed by atoms with Gasteiger partial charge in [-0.05, 0) is 55.5 Å². The fraction of sp³-hybridized carbons (Fsp3) is 0.385. The molecule has 0 spiro atoms. The predicted octanol–water partition coefficient (Wildman–Crippen LogP) is 3.33. The van der Waals surface area contributed by atoms with Crippen molar-refractivity contribution in [2.45, 2.75) is 31.7 Å². The first-order valence-electron chi connectivity index (χ1n) is 21.4. The van der Waals surface area contributed by atoms with Gasteiger partial charge in [0.15, 0.2) is 5.82 Å². The Hall–Kier alpha value is -5.90. The van der Waals surface area contributed by atoms with Crippen LogP contribution in [0.5, 0.6) is 11.5 Å². The van der Waals surface area contributed by atoms with Crippen molar-refractivity contribution in [1.29, 1.82) is 0 Å². The number of ether oxygens (including phenoxy) is 2. The highest BCUT2D eigenvalue weighted by molar-refractivity contribution is 6.24. The molecule has 4 aliphatic heterocycles. The van der Waals surface area contributed by atoms with Crippen LogP contribution in [0.1, 0.15) is 57.4 Å². The number of piperazine rings is 1. The van der Waals surface area contributed by atoms with Gasteiger partial charge in [-0.1, -0.05) is 0 Å². The van der Waals surface area contributed by atoms with Crippen molar-refractivity contribution in [3.05, 3.63) is 75.6 Å². The number of benzene rings is 3. The Labute approximate surface area is 325 Å². The molecule has 0 bridgehead atoms. The number of hydrogen-bond acceptors (Lipinski definition) is 11. The van der Waals surface area contributed by atoms with Crippen LogP contribution in [-0.2, 0) is 9.59 Å². The van der Waals surface area contributed by atoms with Gasteiger partial charge < -0.3 is 24.3 Å². The van der Waals surface area contributed by atoms with Crippen molar-refractivity contribution in [1.82, 2.24) is 25.1 Å². The molecule has 3 aromatic carbocycles. The highest BCUT2D eigenvalue weighted by Crippen LogP contribution is 2.37. The second kappa shape index (κ2) is 14.4. The first-order valence-corrected chi connectivity index (χ1v) is 17.4. The van der Waals surface area contributed by atoms with Crippen molar-refractivity contribution in [3.8, 4) is 22.9 Å². The van der Waals surface area contributed by atoms with E-state index in [0.717, 1.165) is 5.69 Å². The predicted molar refractivity (Wildman–Crippen MR) is 198 cm³/mol. The molecule has 3 saturated heterocycles. The van der Waals surface area contributed by atoms with Crippen LogP contribution in [0.4, 0.5) is 20.2 Å². The largest absolute Gasteiger partial charge is 0.497 e. The summed E-state index contributed by atoms with van der Waals surface area (Å²) >= 11 is 0. The molecule has 16 heteroatoms. The van der Waals surface area contributed by atoms with Gasteiger partial charge in [-0.2, -0.15) is 0 Å². The van der Waals surface area contributed by atoms with Crippen molar-refractivity contribution >= 4 is 45.9 Å². The molecule has 1 unspecified atom stereocenters. The quantitative estimate of drug-likeness (QED) is 0.254. The highest BCUT2D eigenvalue weighted by Gasteiger charge is 2.47. The van der Waals surface area contributed by atoms with E-state index in [0.29, 0.717) is 70.2 Å². The molecule has 1 aromatic heterocycles.